The predicted molar refractivity (Wildman–Crippen MR) is 73.9 cm³/mol. The number of halogens is 1. The molecule has 0 saturated heterocycles. The van der Waals surface area contributed by atoms with E-state index in [4.69, 9.17) is 16.3 Å². The molecule has 6 nitrogen and oxygen atoms in total. The first kappa shape index (κ1) is 12.9. The van der Waals surface area contributed by atoms with Gasteiger partial charge < -0.3 is 4.74 Å². The molecule has 0 aliphatic heterocycles. The first-order chi connectivity index (χ1) is 9.64. The normalized spacial score (nSPS) is 15.7. The van der Waals surface area contributed by atoms with E-state index in [9.17, 15) is 4.79 Å². The molecule has 1 saturated carbocycles. The molecule has 104 valence electrons. The molecule has 0 spiro atoms. The van der Waals surface area contributed by atoms with Gasteiger partial charge in [0.1, 0.15) is 0 Å². The Morgan fingerprint density at radius 2 is 2.10 bits per heavy atom. The van der Waals surface area contributed by atoms with E-state index in [0.717, 1.165) is 18.4 Å². The van der Waals surface area contributed by atoms with Crippen molar-refractivity contribution in [3.8, 4) is 6.01 Å². The van der Waals surface area contributed by atoms with Gasteiger partial charge in [-0.3, -0.25) is 10.1 Å². The highest BCUT2D eigenvalue weighted by atomic mass is 35.5. The number of methoxy groups -OCH3 is 1. The van der Waals surface area contributed by atoms with E-state index < -0.39 is 5.41 Å². The van der Waals surface area contributed by atoms with Crippen LogP contribution in [0.3, 0.4) is 0 Å². The fourth-order valence-corrected chi connectivity index (χ4v) is 2.29. The van der Waals surface area contributed by atoms with Crippen LogP contribution in [0.2, 0.25) is 5.02 Å². The summed E-state index contributed by atoms with van der Waals surface area (Å²) in [5.41, 5.74) is 0.482. The Balaban J connectivity index is 1.77. The van der Waals surface area contributed by atoms with Crippen LogP contribution in [-0.4, -0.2) is 28.2 Å². The highest BCUT2D eigenvalue weighted by molar-refractivity contribution is 6.30. The summed E-state index contributed by atoms with van der Waals surface area (Å²) in [7, 11) is 1.46. The summed E-state index contributed by atoms with van der Waals surface area (Å²) in [6, 6.07) is 7.55. The average molecular weight is 293 g/mol. The van der Waals surface area contributed by atoms with Crippen LogP contribution in [0, 0.1) is 0 Å². The van der Waals surface area contributed by atoms with Crippen molar-refractivity contribution in [1.29, 1.82) is 0 Å². The number of carbonyl (C=O) groups excluding carboxylic acids is 1. The number of anilines is 1. The highest BCUT2D eigenvalue weighted by Gasteiger charge is 2.51. The van der Waals surface area contributed by atoms with Crippen LogP contribution in [0.25, 0.3) is 0 Å². The molecule has 0 bridgehead atoms. The Morgan fingerprint density at radius 1 is 1.40 bits per heavy atom. The third-order valence-corrected chi connectivity index (χ3v) is 3.71. The van der Waals surface area contributed by atoms with Gasteiger partial charge >= 0.3 is 6.01 Å². The molecule has 20 heavy (non-hydrogen) atoms. The number of carbonyl (C=O) groups is 1. The van der Waals surface area contributed by atoms with Gasteiger partial charge in [-0.25, -0.2) is 5.10 Å². The van der Waals surface area contributed by atoms with Crippen molar-refractivity contribution in [3.63, 3.8) is 0 Å². The first-order valence-corrected chi connectivity index (χ1v) is 6.56. The van der Waals surface area contributed by atoms with Gasteiger partial charge in [-0.1, -0.05) is 23.7 Å². The number of ether oxygens (including phenoxy) is 1. The first-order valence-electron chi connectivity index (χ1n) is 6.18. The van der Waals surface area contributed by atoms with Crippen LogP contribution in [0.15, 0.2) is 24.3 Å². The number of amides is 1. The fourth-order valence-electron chi connectivity index (χ4n) is 2.16. The van der Waals surface area contributed by atoms with Crippen molar-refractivity contribution >= 4 is 23.5 Å². The number of nitrogens with one attached hydrogen (secondary N) is 2. The molecule has 0 atom stereocenters. The number of nitrogens with zero attached hydrogens (tertiary/aromatic N) is 2. The number of hydrogen-bond donors (Lipinski definition) is 2. The van der Waals surface area contributed by atoms with Crippen molar-refractivity contribution in [1.82, 2.24) is 15.2 Å². The number of benzene rings is 1. The number of rotatable bonds is 4. The Kier molecular flexibility index (Phi) is 3.10. The minimum Gasteiger partial charge on any atom is -0.466 e. The molecule has 1 aromatic heterocycles. The molecule has 1 aliphatic rings. The SMILES string of the molecule is COc1n[nH]c(NC(=O)C2(c3ccc(Cl)cc3)CC2)n1. The van der Waals surface area contributed by atoms with Crippen LogP contribution in [0.1, 0.15) is 18.4 Å². The van der Waals surface area contributed by atoms with Gasteiger partial charge in [0.15, 0.2) is 0 Å². The van der Waals surface area contributed by atoms with Gasteiger partial charge in [0, 0.05) is 5.02 Å². The van der Waals surface area contributed by atoms with E-state index in [2.05, 4.69) is 20.5 Å². The fraction of sp³-hybridized carbons (Fsp3) is 0.308. The Hall–Kier alpha value is -2.08. The van der Waals surface area contributed by atoms with Crippen molar-refractivity contribution < 1.29 is 9.53 Å². The van der Waals surface area contributed by atoms with Crippen LogP contribution in [0.4, 0.5) is 5.95 Å². The molecule has 0 unspecified atom stereocenters. The van der Waals surface area contributed by atoms with E-state index >= 15 is 0 Å². The predicted octanol–water partition coefficient (Wildman–Crippen LogP) is 2.14. The standard InChI is InChI=1S/C13H13ClN4O2/c1-20-12-16-11(17-18-12)15-10(19)13(6-7-13)8-2-4-9(14)5-3-8/h2-5H,6-7H2,1H3,(H2,15,16,17,18,19). The number of H-pyrrole nitrogens is 1. The van der Waals surface area contributed by atoms with Gasteiger partial charge in [0.05, 0.1) is 12.5 Å². The Bertz CT molecular complexity index is 634. The summed E-state index contributed by atoms with van der Waals surface area (Å²) in [6.45, 7) is 0. The molecular weight excluding hydrogens is 280 g/mol. The van der Waals surface area contributed by atoms with Crippen molar-refractivity contribution in [2.75, 3.05) is 12.4 Å². The Labute approximate surface area is 120 Å². The van der Waals surface area contributed by atoms with Gasteiger partial charge in [0.2, 0.25) is 11.9 Å². The molecule has 1 heterocycles. The number of hydrogen-bond acceptors (Lipinski definition) is 4. The van der Waals surface area contributed by atoms with Crippen molar-refractivity contribution in [3.05, 3.63) is 34.9 Å². The molecule has 1 fully saturated rings. The second-order valence-corrected chi connectivity index (χ2v) is 5.15. The maximum atomic E-state index is 12.4. The summed E-state index contributed by atoms with van der Waals surface area (Å²) >= 11 is 5.87. The molecular formula is C13H13ClN4O2. The van der Waals surface area contributed by atoms with Gasteiger partial charge in [-0.15, -0.1) is 5.10 Å². The quantitative estimate of drug-likeness (QED) is 0.905. The summed E-state index contributed by atoms with van der Waals surface area (Å²) in [4.78, 5) is 16.4. The molecule has 7 heteroatoms. The van der Waals surface area contributed by atoms with Crippen molar-refractivity contribution in [2.45, 2.75) is 18.3 Å². The number of aromatic nitrogens is 3. The molecule has 2 N–H and O–H groups in total. The van der Waals surface area contributed by atoms with Gasteiger partial charge in [-0.2, -0.15) is 4.98 Å². The zero-order valence-corrected chi connectivity index (χ0v) is 11.6. The van der Waals surface area contributed by atoms with E-state index in [1.165, 1.54) is 7.11 Å². The second kappa shape index (κ2) is 4.79. The van der Waals surface area contributed by atoms with Gasteiger partial charge in [-0.05, 0) is 30.5 Å². The van der Waals surface area contributed by atoms with Crippen LogP contribution >= 0.6 is 11.6 Å². The lowest BCUT2D eigenvalue weighted by atomic mass is 9.95. The highest BCUT2D eigenvalue weighted by Crippen LogP contribution is 2.49. The van der Waals surface area contributed by atoms with E-state index in [-0.39, 0.29) is 17.9 Å². The summed E-state index contributed by atoms with van der Waals surface area (Å²) < 4.78 is 4.86. The smallest absolute Gasteiger partial charge is 0.336 e. The molecule has 3 rings (SSSR count). The van der Waals surface area contributed by atoms with Crippen LogP contribution in [-0.2, 0) is 10.2 Å². The summed E-state index contributed by atoms with van der Waals surface area (Å²) in [6.07, 6.45) is 1.62. The largest absolute Gasteiger partial charge is 0.466 e. The van der Waals surface area contributed by atoms with Gasteiger partial charge in [0.25, 0.3) is 0 Å². The maximum absolute atomic E-state index is 12.4. The monoisotopic (exact) mass is 292 g/mol. The lowest BCUT2D eigenvalue weighted by molar-refractivity contribution is -0.118. The topological polar surface area (TPSA) is 79.9 Å². The van der Waals surface area contributed by atoms with Crippen LogP contribution in [0.5, 0.6) is 6.01 Å². The maximum Gasteiger partial charge on any atom is 0.336 e. The lowest BCUT2D eigenvalue weighted by Crippen LogP contribution is -2.28. The average Bonchev–Trinajstić information content (AvgIpc) is 3.14. The molecule has 1 aliphatic carbocycles. The van der Waals surface area contributed by atoms with Crippen LogP contribution < -0.4 is 10.1 Å². The molecule has 1 amide bonds. The van der Waals surface area contributed by atoms with E-state index in [0.29, 0.717) is 5.02 Å². The Morgan fingerprint density at radius 3 is 2.65 bits per heavy atom. The van der Waals surface area contributed by atoms with E-state index in [1.807, 2.05) is 12.1 Å². The van der Waals surface area contributed by atoms with E-state index in [1.54, 1.807) is 12.1 Å². The zero-order chi connectivity index (χ0) is 14.2. The zero-order valence-electron chi connectivity index (χ0n) is 10.8. The number of aromatic amines is 1. The summed E-state index contributed by atoms with van der Waals surface area (Å²) in [5, 5.41) is 9.78. The minimum absolute atomic E-state index is 0.0985. The third kappa shape index (κ3) is 2.22. The molecule has 0 radical (unpaired) electrons. The minimum atomic E-state index is -0.482. The lowest BCUT2D eigenvalue weighted by Gasteiger charge is -2.14. The second-order valence-electron chi connectivity index (χ2n) is 4.71. The summed E-state index contributed by atoms with van der Waals surface area (Å²) in [5.74, 6) is 0.186. The molecule has 1 aromatic carbocycles. The van der Waals surface area contributed by atoms with Crippen molar-refractivity contribution in [2.24, 2.45) is 0 Å². The molecule has 2 aromatic rings. The third-order valence-electron chi connectivity index (χ3n) is 3.46.